The lowest BCUT2D eigenvalue weighted by Crippen LogP contribution is -2.19. The van der Waals surface area contributed by atoms with Crippen molar-refractivity contribution >= 4 is 39.9 Å². The number of nitrogens with one attached hydrogen (secondary N) is 1. The molecule has 4 heteroatoms. The van der Waals surface area contributed by atoms with E-state index in [2.05, 4.69) is 33.1 Å². The smallest absolute Gasteiger partial charge is 0.0580 e. The molecule has 0 aliphatic heterocycles. The maximum absolute atomic E-state index is 6.03. The Bertz CT molecular complexity index is 487. The quantitative estimate of drug-likeness (QED) is 0.533. The van der Waals surface area contributed by atoms with Gasteiger partial charge < -0.3 is 5.32 Å². The SMILES string of the molecule is Cl.Clc1cc(C#CCNCCC2CCCCC2)ccc1Br. The van der Waals surface area contributed by atoms with Gasteiger partial charge in [-0.3, -0.25) is 0 Å². The van der Waals surface area contributed by atoms with E-state index in [-0.39, 0.29) is 12.4 Å². The van der Waals surface area contributed by atoms with Gasteiger partial charge in [0, 0.05) is 10.0 Å². The Morgan fingerprint density at radius 2 is 2.00 bits per heavy atom. The summed E-state index contributed by atoms with van der Waals surface area (Å²) in [6, 6.07) is 5.80. The first-order chi connectivity index (χ1) is 9.75. The van der Waals surface area contributed by atoms with Crippen molar-refractivity contribution in [1.29, 1.82) is 0 Å². The summed E-state index contributed by atoms with van der Waals surface area (Å²) in [4.78, 5) is 0. The lowest BCUT2D eigenvalue weighted by Gasteiger charge is -2.21. The van der Waals surface area contributed by atoms with Crippen molar-refractivity contribution in [2.75, 3.05) is 13.1 Å². The zero-order valence-electron chi connectivity index (χ0n) is 12.1. The van der Waals surface area contributed by atoms with E-state index in [0.717, 1.165) is 29.0 Å². The summed E-state index contributed by atoms with van der Waals surface area (Å²) in [6.07, 6.45) is 8.43. The third-order valence-corrected chi connectivity index (χ3v) is 5.05. The molecule has 0 aromatic heterocycles. The molecule has 0 unspecified atom stereocenters. The van der Waals surface area contributed by atoms with Crippen LogP contribution in [0.25, 0.3) is 0 Å². The van der Waals surface area contributed by atoms with Gasteiger partial charge in [-0.25, -0.2) is 0 Å². The highest BCUT2D eigenvalue weighted by atomic mass is 79.9. The monoisotopic (exact) mass is 389 g/mol. The van der Waals surface area contributed by atoms with Gasteiger partial charge in [-0.1, -0.05) is 55.5 Å². The van der Waals surface area contributed by atoms with Gasteiger partial charge in [-0.2, -0.15) is 0 Å². The van der Waals surface area contributed by atoms with Gasteiger partial charge in [0.15, 0.2) is 0 Å². The fourth-order valence-corrected chi connectivity index (χ4v) is 3.08. The standard InChI is InChI=1S/C17H21BrClN.ClH/c18-16-9-8-15(13-17(16)19)7-4-11-20-12-10-14-5-2-1-3-6-14;/h8-9,13-14,20H,1-3,5-6,10-12H2;1H. The third-order valence-electron chi connectivity index (χ3n) is 3.82. The highest BCUT2D eigenvalue weighted by Crippen LogP contribution is 2.25. The molecule has 21 heavy (non-hydrogen) atoms. The summed E-state index contributed by atoms with van der Waals surface area (Å²) in [5, 5.41) is 4.12. The van der Waals surface area contributed by atoms with Crippen LogP contribution in [0.1, 0.15) is 44.1 Å². The van der Waals surface area contributed by atoms with E-state index in [9.17, 15) is 0 Å². The molecule has 1 fully saturated rings. The molecular formula is C17H22BrCl2N. The summed E-state index contributed by atoms with van der Waals surface area (Å²) in [5.41, 5.74) is 0.965. The molecule has 1 aliphatic rings. The molecule has 1 aromatic carbocycles. The van der Waals surface area contributed by atoms with E-state index in [1.807, 2.05) is 18.2 Å². The highest BCUT2D eigenvalue weighted by molar-refractivity contribution is 9.10. The maximum Gasteiger partial charge on any atom is 0.0580 e. The van der Waals surface area contributed by atoms with Gasteiger partial charge in [-0.15, -0.1) is 12.4 Å². The van der Waals surface area contributed by atoms with E-state index >= 15 is 0 Å². The van der Waals surface area contributed by atoms with Crippen LogP contribution in [0.2, 0.25) is 5.02 Å². The molecule has 0 atom stereocenters. The maximum atomic E-state index is 6.03. The van der Waals surface area contributed by atoms with Crippen LogP contribution < -0.4 is 5.32 Å². The van der Waals surface area contributed by atoms with Crippen molar-refractivity contribution in [3.8, 4) is 11.8 Å². The first-order valence-corrected chi connectivity index (χ1v) is 8.57. The van der Waals surface area contributed by atoms with Crippen molar-refractivity contribution in [2.45, 2.75) is 38.5 Å². The summed E-state index contributed by atoms with van der Waals surface area (Å²) in [6.45, 7) is 1.83. The lowest BCUT2D eigenvalue weighted by atomic mass is 9.87. The zero-order valence-corrected chi connectivity index (χ0v) is 15.3. The van der Waals surface area contributed by atoms with Gasteiger partial charge >= 0.3 is 0 Å². The Kier molecular flexibility index (Phi) is 9.44. The Balaban J connectivity index is 0.00000220. The highest BCUT2D eigenvalue weighted by Gasteiger charge is 2.12. The first kappa shape index (κ1) is 18.8. The molecule has 0 amide bonds. The molecule has 0 heterocycles. The summed E-state index contributed by atoms with van der Waals surface area (Å²) in [7, 11) is 0. The minimum Gasteiger partial charge on any atom is -0.306 e. The number of hydrogen-bond acceptors (Lipinski definition) is 1. The average molecular weight is 391 g/mol. The lowest BCUT2D eigenvalue weighted by molar-refractivity contribution is 0.336. The van der Waals surface area contributed by atoms with Crippen molar-refractivity contribution in [1.82, 2.24) is 5.32 Å². The topological polar surface area (TPSA) is 12.0 Å². The van der Waals surface area contributed by atoms with Crippen molar-refractivity contribution in [3.05, 3.63) is 33.3 Å². The zero-order chi connectivity index (χ0) is 14.2. The minimum absolute atomic E-state index is 0. The van der Waals surface area contributed by atoms with Gasteiger partial charge in [-0.05, 0) is 53.0 Å². The van der Waals surface area contributed by atoms with E-state index < -0.39 is 0 Å². The summed E-state index contributed by atoms with van der Waals surface area (Å²) in [5.74, 6) is 7.22. The second-order valence-electron chi connectivity index (χ2n) is 5.40. The van der Waals surface area contributed by atoms with Gasteiger partial charge in [0.05, 0.1) is 11.6 Å². The van der Waals surface area contributed by atoms with Crippen molar-refractivity contribution in [2.24, 2.45) is 5.92 Å². The van der Waals surface area contributed by atoms with Crippen LogP contribution in [0.3, 0.4) is 0 Å². The third kappa shape index (κ3) is 7.06. The fourth-order valence-electron chi connectivity index (χ4n) is 2.65. The Morgan fingerprint density at radius 1 is 1.24 bits per heavy atom. The van der Waals surface area contributed by atoms with Gasteiger partial charge in [0.2, 0.25) is 0 Å². The minimum atomic E-state index is 0. The molecule has 0 saturated heterocycles. The van der Waals surface area contributed by atoms with Crippen molar-refractivity contribution in [3.63, 3.8) is 0 Å². The Morgan fingerprint density at radius 3 is 2.71 bits per heavy atom. The first-order valence-electron chi connectivity index (χ1n) is 7.40. The number of rotatable bonds is 4. The fraction of sp³-hybridized carbons (Fsp3) is 0.529. The van der Waals surface area contributed by atoms with E-state index in [4.69, 9.17) is 11.6 Å². The second kappa shape index (κ2) is 10.5. The molecule has 0 spiro atoms. The van der Waals surface area contributed by atoms with Crippen LogP contribution in [0.5, 0.6) is 0 Å². The van der Waals surface area contributed by atoms with Crippen LogP contribution >= 0.6 is 39.9 Å². The van der Waals surface area contributed by atoms with E-state index in [1.54, 1.807) is 0 Å². The molecule has 0 radical (unpaired) electrons. The van der Waals surface area contributed by atoms with Crippen LogP contribution in [0.4, 0.5) is 0 Å². The number of hydrogen-bond donors (Lipinski definition) is 1. The summed E-state index contributed by atoms with van der Waals surface area (Å²) >= 11 is 9.41. The Hall–Kier alpha value is -0.200. The number of halogens is 3. The van der Waals surface area contributed by atoms with Crippen LogP contribution in [0, 0.1) is 17.8 Å². The molecular weight excluding hydrogens is 369 g/mol. The van der Waals surface area contributed by atoms with Crippen LogP contribution in [0.15, 0.2) is 22.7 Å². The predicted molar refractivity (Wildman–Crippen MR) is 97.3 cm³/mol. The van der Waals surface area contributed by atoms with Crippen LogP contribution in [-0.2, 0) is 0 Å². The predicted octanol–water partition coefficient (Wildman–Crippen LogP) is 5.44. The van der Waals surface area contributed by atoms with Crippen molar-refractivity contribution < 1.29 is 0 Å². The molecule has 116 valence electrons. The normalized spacial score (nSPS) is 15.0. The molecule has 1 N–H and O–H groups in total. The molecule has 2 rings (SSSR count). The van der Waals surface area contributed by atoms with Gasteiger partial charge in [0.1, 0.15) is 0 Å². The van der Waals surface area contributed by atoms with Crippen LogP contribution in [-0.4, -0.2) is 13.1 Å². The second-order valence-corrected chi connectivity index (χ2v) is 6.66. The number of benzene rings is 1. The molecule has 1 saturated carbocycles. The van der Waals surface area contributed by atoms with E-state index in [0.29, 0.717) is 5.02 Å². The van der Waals surface area contributed by atoms with Gasteiger partial charge in [0.25, 0.3) is 0 Å². The van der Waals surface area contributed by atoms with E-state index in [1.165, 1.54) is 38.5 Å². The molecule has 1 aromatic rings. The largest absolute Gasteiger partial charge is 0.306 e. The Labute approximate surface area is 147 Å². The molecule has 0 bridgehead atoms. The average Bonchev–Trinajstić information content (AvgIpc) is 2.47. The summed E-state index contributed by atoms with van der Waals surface area (Å²) < 4.78 is 0.912. The molecule has 1 nitrogen and oxygen atoms in total. The molecule has 1 aliphatic carbocycles.